The molecule has 2 unspecified atom stereocenters. The second-order valence-electron chi connectivity index (χ2n) is 3.77. The summed E-state index contributed by atoms with van der Waals surface area (Å²) >= 11 is 0. The topological polar surface area (TPSA) is 35.5 Å². The van der Waals surface area contributed by atoms with Gasteiger partial charge in [0, 0.05) is 5.92 Å². The molecule has 1 heterocycles. The quantitative estimate of drug-likeness (QED) is 0.698. The first-order valence-electron chi connectivity index (χ1n) is 5.19. The molecule has 0 aromatic heterocycles. The van der Waals surface area contributed by atoms with Crippen LogP contribution in [0.1, 0.15) is 30.6 Å². The molecule has 15 heavy (non-hydrogen) atoms. The number of carbonyl (C=O) groups is 1. The van der Waals surface area contributed by atoms with Crippen LogP contribution < -0.4 is 4.74 Å². The van der Waals surface area contributed by atoms with Gasteiger partial charge in [-0.3, -0.25) is 0 Å². The van der Waals surface area contributed by atoms with Crippen LogP contribution in [0.5, 0.6) is 5.75 Å². The first-order chi connectivity index (χ1) is 7.22. The van der Waals surface area contributed by atoms with Crippen LogP contribution in [0.2, 0.25) is 0 Å². The van der Waals surface area contributed by atoms with Crippen molar-refractivity contribution in [3.05, 3.63) is 29.8 Å². The summed E-state index contributed by atoms with van der Waals surface area (Å²) in [6.45, 7) is 4.05. The van der Waals surface area contributed by atoms with Crippen LogP contribution in [0.4, 0.5) is 0 Å². The van der Waals surface area contributed by atoms with Gasteiger partial charge in [-0.15, -0.1) is 0 Å². The van der Waals surface area contributed by atoms with Crippen LogP contribution in [0.3, 0.4) is 0 Å². The molecule has 1 aliphatic heterocycles. The lowest BCUT2D eigenvalue weighted by atomic mass is 10.1. The highest BCUT2D eigenvalue weighted by Gasteiger charge is 2.30. The maximum atomic E-state index is 11.6. The molecule has 0 N–H and O–H groups in total. The van der Waals surface area contributed by atoms with Crippen LogP contribution >= 0.6 is 0 Å². The van der Waals surface area contributed by atoms with Crippen molar-refractivity contribution in [2.75, 3.05) is 0 Å². The minimum absolute atomic E-state index is 0.210. The fraction of sp³-hybridized carbons (Fsp3) is 0.417. The lowest BCUT2D eigenvalue weighted by Gasteiger charge is -2.28. The number of cyclic esters (lactones) is 1. The number of para-hydroxylation sites is 1. The molecule has 0 bridgehead atoms. The summed E-state index contributed by atoms with van der Waals surface area (Å²) in [4.78, 5) is 11.6. The van der Waals surface area contributed by atoms with Crippen molar-refractivity contribution in [3.8, 4) is 5.75 Å². The van der Waals surface area contributed by atoms with Crippen LogP contribution in [-0.4, -0.2) is 12.3 Å². The lowest BCUT2D eigenvalue weighted by molar-refractivity contribution is -0.0883. The molecular weight excluding hydrogens is 192 g/mol. The fourth-order valence-electron chi connectivity index (χ4n) is 1.48. The Morgan fingerprint density at radius 3 is 2.80 bits per heavy atom. The molecule has 0 saturated heterocycles. The Balaban J connectivity index is 2.26. The van der Waals surface area contributed by atoms with E-state index in [4.69, 9.17) is 9.47 Å². The number of ether oxygens (including phenoxy) is 2. The van der Waals surface area contributed by atoms with E-state index in [0.717, 1.165) is 6.42 Å². The van der Waals surface area contributed by atoms with Gasteiger partial charge in [-0.2, -0.15) is 0 Å². The van der Waals surface area contributed by atoms with Crippen LogP contribution in [0.25, 0.3) is 0 Å². The molecule has 2 rings (SSSR count). The van der Waals surface area contributed by atoms with Gasteiger partial charge >= 0.3 is 5.97 Å². The summed E-state index contributed by atoms with van der Waals surface area (Å²) in [5.41, 5.74) is 0.511. The number of benzene rings is 1. The molecule has 1 aromatic carbocycles. The van der Waals surface area contributed by atoms with Gasteiger partial charge in [0.2, 0.25) is 6.29 Å². The Morgan fingerprint density at radius 1 is 1.33 bits per heavy atom. The van der Waals surface area contributed by atoms with E-state index in [-0.39, 0.29) is 11.9 Å². The zero-order valence-corrected chi connectivity index (χ0v) is 8.90. The van der Waals surface area contributed by atoms with E-state index in [1.807, 2.05) is 19.9 Å². The van der Waals surface area contributed by atoms with E-state index in [1.54, 1.807) is 18.2 Å². The number of esters is 1. The smallest absolute Gasteiger partial charge is 0.345 e. The van der Waals surface area contributed by atoms with E-state index >= 15 is 0 Å². The normalized spacial score (nSPS) is 21.2. The average molecular weight is 206 g/mol. The molecule has 0 amide bonds. The highest BCUT2D eigenvalue weighted by molar-refractivity contribution is 5.93. The van der Waals surface area contributed by atoms with Crippen molar-refractivity contribution < 1.29 is 14.3 Å². The summed E-state index contributed by atoms with van der Waals surface area (Å²) in [6.07, 6.45) is 0.470. The number of rotatable bonds is 2. The van der Waals surface area contributed by atoms with Crippen molar-refractivity contribution in [1.82, 2.24) is 0 Å². The fourth-order valence-corrected chi connectivity index (χ4v) is 1.48. The molecule has 80 valence electrons. The molecule has 0 saturated carbocycles. The lowest BCUT2D eigenvalue weighted by Crippen LogP contribution is -2.34. The maximum absolute atomic E-state index is 11.6. The summed E-state index contributed by atoms with van der Waals surface area (Å²) in [7, 11) is 0. The molecule has 0 aliphatic carbocycles. The van der Waals surface area contributed by atoms with Gasteiger partial charge in [-0.25, -0.2) is 4.79 Å². The molecule has 0 radical (unpaired) electrons. The first kappa shape index (κ1) is 10.0. The third kappa shape index (κ3) is 1.82. The number of hydrogen-bond acceptors (Lipinski definition) is 3. The molecule has 3 heteroatoms. The second kappa shape index (κ2) is 3.93. The molecule has 1 aromatic rings. The van der Waals surface area contributed by atoms with E-state index < -0.39 is 6.29 Å². The Hall–Kier alpha value is -1.51. The monoisotopic (exact) mass is 206 g/mol. The number of fused-ring (bicyclic) bond motifs is 1. The zero-order valence-electron chi connectivity index (χ0n) is 8.90. The van der Waals surface area contributed by atoms with Crippen LogP contribution in [-0.2, 0) is 4.74 Å². The maximum Gasteiger partial charge on any atom is 0.345 e. The van der Waals surface area contributed by atoms with Gasteiger partial charge in [-0.05, 0) is 18.6 Å². The van der Waals surface area contributed by atoms with Crippen molar-refractivity contribution in [2.24, 2.45) is 5.92 Å². The minimum Gasteiger partial charge on any atom is -0.454 e. The largest absolute Gasteiger partial charge is 0.454 e. The predicted octanol–water partition coefficient (Wildman–Crippen LogP) is 2.61. The van der Waals surface area contributed by atoms with E-state index in [9.17, 15) is 4.79 Å². The predicted molar refractivity (Wildman–Crippen MR) is 55.7 cm³/mol. The third-order valence-corrected chi connectivity index (χ3v) is 2.68. The van der Waals surface area contributed by atoms with Crippen LogP contribution in [0.15, 0.2) is 24.3 Å². The standard InChI is InChI=1S/C12H14O3/c1-3-8(2)12-14-10-7-5-4-6-9(10)11(13)15-12/h4-8,12H,3H2,1-2H3. The first-order valence-corrected chi connectivity index (χ1v) is 5.19. The Morgan fingerprint density at radius 2 is 2.07 bits per heavy atom. The van der Waals surface area contributed by atoms with Gasteiger partial charge in [-0.1, -0.05) is 26.0 Å². The molecule has 0 fully saturated rings. The SMILES string of the molecule is CCC(C)C1OC(=O)c2ccccc2O1. The van der Waals surface area contributed by atoms with E-state index in [2.05, 4.69) is 0 Å². The van der Waals surface area contributed by atoms with Gasteiger partial charge in [0.15, 0.2) is 0 Å². The number of hydrogen-bond donors (Lipinski definition) is 0. The third-order valence-electron chi connectivity index (χ3n) is 2.68. The highest BCUT2D eigenvalue weighted by Crippen LogP contribution is 2.28. The Kier molecular flexibility index (Phi) is 2.62. The van der Waals surface area contributed by atoms with Gasteiger partial charge < -0.3 is 9.47 Å². The minimum atomic E-state index is -0.447. The second-order valence-corrected chi connectivity index (χ2v) is 3.77. The Labute approximate surface area is 89.0 Å². The zero-order chi connectivity index (χ0) is 10.8. The summed E-state index contributed by atoms with van der Waals surface area (Å²) in [5.74, 6) is 0.545. The average Bonchev–Trinajstić information content (AvgIpc) is 2.28. The highest BCUT2D eigenvalue weighted by atomic mass is 16.7. The number of carbonyl (C=O) groups excluding carboxylic acids is 1. The van der Waals surface area contributed by atoms with Crippen molar-refractivity contribution in [2.45, 2.75) is 26.6 Å². The summed E-state index contributed by atoms with van der Waals surface area (Å²) in [5, 5.41) is 0. The Bertz CT molecular complexity index is 373. The van der Waals surface area contributed by atoms with Crippen molar-refractivity contribution in [1.29, 1.82) is 0 Å². The van der Waals surface area contributed by atoms with Gasteiger partial charge in [0.1, 0.15) is 11.3 Å². The molecular formula is C12H14O3. The summed E-state index contributed by atoms with van der Waals surface area (Å²) in [6, 6.07) is 7.16. The summed E-state index contributed by atoms with van der Waals surface area (Å²) < 4.78 is 10.8. The van der Waals surface area contributed by atoms with Crippen molar-refractivity contribution in [3.63, 3.8) is 0 Å². The molecule has 3 nitrogen and oxygen atoms in total. The van der Waals surface area contributed by atoms with Gasteiger partial charge in [0.05, 0.1) is 0 Å². The van der Waals surface area contributed by atoms with E-state index in [1.165, 1.54) is 0 Å². The van der Waals surface area contributed by atoms with Crippen molar-refractivity contribution >= 4 is 5.97 Å². The molecule has 2 atom stereocenters. The molecule has 0 spiro atoms. The van der Waals surface area contributed by atoms with E-state index in [0.29, 0.717) is 11.3 Å². The van der Waals surface area contributed by atoms with Crippen LogP contribution in [0, 0.1) is 5.92 Å². The molecule has 1 aliphatic rings. The van der Waals surface area contributed by atoms with Gasteiger partial charge in [0.25, 0.3) is 0 Å².